The lowest BCUT2D eigenvalue weighted by Crippen LogP contribution is -2.30. The molecule has 0 radical (unpaired) electrons. The average Bonchev–Trinajstić information content (AvgIpc) is 3.42. The molecular weight excluding hydrogens is 1050 g/mol. The van der Waals surface area contributed by atoms with E-state index in [1.165, 1.54) is 116 Å². The second kappa shape index (κ2) is 55.3. The van der Waals surface area contributed by atoms with Crippen molar-refractivity contribution in [3.05, 3.63) is 0 Å². The van der Waals surface area contributed by atoms with Crippen molar-refractivity contribution < 1.29 is 80.2 Å². The fourth-order valence-electron chi connectivity index (χ4n) is 8.93. The van der Waals surface area contributed by atoms with Gasteiger partial charge in [0, 0.05) is 25.7 Å². The Bertz CT molecular complexity index is 1540. The number of phosphoric acid groups is 2. The number of unbranched alkanes of at least 4 members (excludes halogenated alkanes) is 35. The van der Waals surface area contributed by atoms with Crippen LogP contribution in [0.25, 0.3) is 0 Å². The van der Waals surface area contributed by atoms with Gasteiger partial charge in [-0.05, 0) is 25.7 Å². The van der Waals surface area contributed by atoms with E-state index >= 15 is 0 Å². The largest absolute Gasteiger partial charge is 0.472 e. The molecule has 0 aliphatic carbocycles. The van der Waals surface area contributed by atoms with E-state index in [2.05, 4.69) is 27.7 Å². The van der Waals surface area contributed by atoms with E-state index in [4.69, 9.17) is 37.0 Å². The lowest BCUT2D eigenvalue weighted by molar-refractivity contribution is -0.161. The fraction of sp³-hybridized carbons (Fsp3) is 0.933. The van der Waals surface area contributed by atoms with Crippen LogP contribution in [0, 0.1) is 0 Å². The van der Waals surface area contributed by atoms with Crippen molar-refractivity contribution in [3.63, 3.8) is 0 Å². The molecule has 3 N–H and O–H groups in total. The van der Waals surface area contributed by atoms with Crippen molar-refractivity contribution >= 4 is 39.5 Å². The Morgan fingerprint density at radius 3 is 0.747 bits per heavy atom. The van der Waals surface area contributed by atoms with Gasteiger partial charge in [0.05, 0.1) is 26.4 Å². The van der Waals surface area contributed by atoms with Gasteiger partial charge >= 0.3 is 39.5 Å². The maximum atomic E-state index is 12.9. The van der Waals surface area contributed by atoms with E-state index in [9.17, 15) is 43.2 Å². The smallest absolute Gasteiger partial charge is 0.462 e. The number of hydrogen-bond acceptors (Lipinski definition) is 15. The quantitative estimate of drug-likeness (QED) is 0.0222. The maximum Gasteiger partial charge on any atom is 0.472 e. The van der Waals surface area contributed by atoms with Crippen molar-refractivity contribution in [1.82, 2.24) is 0 Å². The first kappa shape index (κ1) is 77.1. The van der Waals surface area contributed by atoms with Crippen molar-refractivity contribution in [2.75, 3.05) is 39.6 Å². The van der Waals surface area contributed by atoms with Crippen molar-refractivity contribution in [1.29, 1.82) is 0 Å². The normalized spacial score (nSPS) is 14.3. The van der Waals surface area contributed by atoms with Gasteiger partial charge in [0.15, 0.2) is 12.2 Å². The molecule has 0 aliphatic heterocycles. The summed E-state index contributed by atoms with van der Waals surface area (Å²) < 4.78 is 67.7. The van der Waals surface area contributed by atoms with Crippen molar-refractivity contribution in [2.45, 2.75) is 322 Å². The standard InChI is InChI=1S/C60H116O17P2/c1-5-9-13-17-21-25-26-27-28-29-30-31-35-39-43-47-60(65)77-56(51-71-58(63)45-41-37-33-23-19-15-11-7-3)53-75-79(68,69)73-49-54(61)48-72-78(66,67)74-52-55(76-59(64)46-42-38-34-24-20-16-12-8-4)50-70-57(62)44-40-36-32-22-18-14-10-6-2/h54-56,61H,5-53H2,1-4H3,(H,66,67)(H,68,69)/t54-,55+,56+/m0/s1. The van der Waals surface area contributed by atoms with E-state index in [0.717, 1.165) is 109 Å². The third kappa shape index (κ3) is 55.0. The molecule has 79 heavy (non-hydrogen) atoms. The zero-order valence-electron chi connectivity index (χ0n) is 50.3. The van der Waals surface area contributed by atoms with Crippen LogP contribution >= 0.6 is 15.6 Å². The SMILES string of the molecule is CCCCCCCCCCCCCCCCCC(=O)O[C@H](COC(=O)CCCCCCCCCC)COP(=O)(O)OC[C@@H](O)COP(=O)(O)OC[C@@H](COC(=O)CCCCCCCCCC)OC(=O)CCCCCCCCCC. The van der Waals surface area contributed by atoms with Gasteiger partial charge in [-0.3, -0.25) is 37.3 Å². The Labute approximate surface area is 479 Å². The number of carbonyl (C=O) groups is 4. The van der Waals surface area contributed by atoms with Crippen LogP contribution in [-0.2, 0) is 65.4 Å². The number of hydrogen-bond donors (Lipinski definition) is 3. The second-order valence-electron chi connectivity index (χ2n) is 21.7. The summed E-state index contributed by atoms with van der Waals surface area (Å²) in [5.74, 6) is -2.14. The zero-order chi connectivity index (χ0) is 58.3. The first-order valence-corrected chi connectivity index (χ1v) is 34.8. The van der Waals surface area contributed by atoms with E-state index in [-0.39, 0.29) is 25.7 Å². The first-order chi connectivity index (χ1) is 38.2. The van der Waals surface area contributed by atoms with Crippen molar-refractivity contribution in [3.8, 4) is 0 Å². The third-order valence-electron chi connectivity index (χ3n) is 13.9. The molecule has 0 amide bonds. The Hall–Kier alpha value is -1.94. The van der Waals surface area contributed by atoms with Gasteiger partial charge in [-0.2, -0.15) is 0 Å². The fourth-order valence-corrected chi connectivity index (χ4v) is 10.5. The predicted molar refractivity (Wildman–Crippen MR) is 312 cm³/mol. The minimum Gasteiger partial charge on any atom is -0.462 e. The van der Waals surface area contributed by atoms with Crippen molar-refractivity contribution in [2.24, 2.45) is 0 Å². The molecule has 0 aromatic heterocycles. The molecule has 0 aliphatic rings. The van der Waals surface area contributed by atoms with E-state index in [1.54, 1.807) is 0 Å². The second-order valence-corrected chi connectivity index (χ2v) is 24.6. The minimum atomic E-state index is -4.94. The van der Waals surface area contributed by atoms with Crippen LogP contribution in [0.2, 0.25) is 0 Å². The van der Waals surface area contributed by atoms with Gasteiger partial charge in [0.1, 0.15) is 19.3 Å². The first-order valence-electron chi connectivity index (χ1n) is 31.8. The van der Waals surface area contributed by atoms with Gasteiger partial charge in [0.25, 0.3) is 0 Å². The highest BCUT2D eigenvalue weighted by molar-refractivity contribution is 7.47. The predicted octanol–water partition coefficient (Wildman–Crippen LogP) is 16.4. The van der Waals surface area contributed by atoms with Crippen LogP contribution in [0.4, 0.5) is 0 Å². The molecule has 468 valence electrons. The molecule has 0 saturated heterocycles. The molecule has 0 heterocycles. The van der Waals surface area contributed by atoms with Gasteiger partial charge < -0.3 is 33.8 Å². The van der Waals surface area contributed by atoms with Crippen LogP contribution in [0.15, 0.2) is 0 Å². The Morgan fingerprint density at radius 2 is 0.506 bits per heavy atom. The highest BCUT2D eigenvalue weighted by Gasteiger charge is 2.30. The molecule has 0 bridgehead atoms. The molecule has 0 rings (SSSR count). The summed E-state index contributed by atoms with van der Waals surface area (Å²) in [5.41, 5.74) is 0. The number of phosphoric ester groups is 2. The number of carbonyl (C=O) groups excluding carboxylic acids is 4. The number of rotatable bonds is 61. The number of ether oxygens (including phenoxy) is 4. The molecule has 0 saturated carbocycles. The third-order valence-corrected chi connectivity index (χ3v) is 15.8. The Balaban J connectivity index is 5.16. The molecule has 0 aromatic carbocycles. The lowest BCUT2D eigenvalue weighted by Gasteiger charge is -2.21. The average molecular weight is 1170 g/mol. The van der Waals surface area contributed by atoms with Gasteiger partial charge in [-0.1, -0.05) is 252 Å². The number of aliphatic hydroxyl groups excluding tert-OH is 1. The molecule has 5 atom stereocenters. The topological polar surface area (TPSA) is 237 Å². The van der Waals surface area contributed by atoms with Crippen LogP contribution < -0.4 is 0 Å². The Kier molecular flexibility index (Phi) is 53.9. The molecule has 2 unspecified atom stereocenters. The summed E-state index contributed by atoms with van der Waals surface area (Å²) in [6.07, 6.45) is 39.1. The van der Waals surface area contributed by atoms with Gasteiger partial charge in [-0.25, -0.2) is 9.13 Å². The molecule has 17 nitrogen and oxygen atoms in total. The highest BCUT2D eigenvalue weighted by atomic mass is 31.2. The summed E-state index contributed by atoms with van der Waals surface area (Å²) in [6.45, 7) is 4.79. The van der Waals surface area contributed by atoms with Crippen LogP contribution in [0.3, 0.4) is 0 Å². The zero-order valence-corrected chi connectivity index (χ0v) is 52.1. The summed E-state index contributed by atoms with van der Waals surface area (Å²) in [6, 6.07) is 0. The molecule has 0 aromatic rings. The van der Waals surface area contributed by atoms with Crippen LogP contribution in [0.1, 0.15) is 304 Å². The van der Waals surface area contributed by atoms with E-state index < -0.39 is 97.5 Å². The van der Waals surface area contributed by atoms with Gasteiger partial charge in [0.2, 0.25) is 0 Å². The lowest BCUT2D eigenvalue weighted by atomic mass is 10.0. The molecule has 0 fully saturated rings. The maximum absolute atomic E-state index is 12.9. The number of esters is 4. The molecule has 19 heteroatoms. The minimum absolute atomic E-state index is 0.105. The molecule has 0 spiro atoms. The highest BCUT2D eigenvalue weighted by Crippen LogP contribution is 2.45. The van der Waals surface area contributed by atoms with Crippen LogP contribution in [0.5, 0.6) is 0 Å². The van der Waals surface area contributed by atoms with E-state index in [0.29, 0.717) is 25.7 Å². The molecular formula is C60H116O17P2. The summed E-state index contributed by atoms with van der Waals surface area (Å²) >= 11 is 0. The summed E-state index contributed by atoms with van der Waals surface area (Å²) in [5, 5.41) is 10.5. The Morgan fingerprint density at radius 1 is 0.304 bits per heavy atom. The number of aliphatic hydroxyl groups is 1. The monoisotopic (exact) mass is 1170 g/mol. The summed E-state index contributed by atoms with van der Waals surface area (Å²) in [4.78, 5) is 71.8. The summed E-state index contributed by atoms with van der Waals surface area (Å²) in [7, 11) is -9.87. The van der Waals surface area contributed by atoms with Gasteiger partial charge in [-0.15, -0.1) is 0 Å². The van der Waals surface area contributed by atoms with E-state index in [1.807, 2.05) is 0 Å². The van der Waals surface area contributed by atoms with Crippen LogP contribution in [-0.4, -0.2) is 96.7 Å².